The van der Waals surface area contributed by atoms with Crippen molar-refractivity contribution in [2.45, 2.75) is 59.8 Å². The molecule has 2 rings (SSSR count). The molecule has 0 nitrogen and oxygen atoms in total. The van der Waals surface area contributed by atoms with E-state index >= 15 is 0 Å². The lowest BCUT2D eigenvalue weighted by molar-refractivity contribution is -0.0483. The van der Waals surface area contributed by atoms with Crippen LogP contribution in [0.3, 0.4) is 0 Å². The number of rotatable bonds is 0. The Morgan fingerprint density at radius 2 is 2.00 bits per heavy atom. The van der Waals surface area contributed by atoms with Gasteiger partial charge in [-0.1, -0.05) is 32.4 Å². The van der Waals surface area contributed by atoms with Crippen LogP contribution in [-0.2, 0) is 0 Å². The van der Waals surface area contributed by atoms with Gasteiger partial charge in [-0.15, -0.1) is 0 Å². The van der Waals surface area contributed by atoms with E-state index in [0.29, 0.717) is 5.41 Å². The lowest BCUT2D eigenvalue weighted by Gasteiger charge is -2.54. The molecule has 0 bridgehead atoms. The molecule has 0 aromatic heterocycles. The van der Waals surface area contributed by atoms with E-state index in [2.05, 4.69) is 33.8 Å². The molecule has 15 heavy (non-hydrogen) atoms. The van der Waals surface area contributed by atoms with Crippen LogP contribution in [0.5, 0.6) is 0 Å². The van der Waals surface area contributed by atoms with Crippen molar-refractivity contribution >= 4 is 0 Å². The molecular weight excluding hydrogens is 180 g/mol. The lowest BCUT2D eigenvalue weighted by Crippen LogP contribution is -2.46. The summed E-state index contributed by atoms with van der Waals surface area (Å²) in [6, 6.07) is 0. The highest BCUT2D eigenvalue weighted by atomic mass is 14.5. The van der Waals surface area contributed by atoms with Crippen molar-refractivity contribution in [3.63, 3.8) is 0 Å². The van der Waals surface area contributed by atoms with Crippen LogP contribution in [0.1, 0.15) is 59.8 Å². The average molecular weight is 206 g/mol. The van der Waals surface area contributed by atoms with Gasteiger partial charge in [0.15, 0.2) is 0 Å². The zero-order chi connectivity index (χ0) is 11.1. The Hall–Kier alpha value is -0.260. The third kappa shape index (κ3) is 2.14. The van der Waals surface area contributed by atoms with Gasteiger partial charge in [-0.2, -0.15) is 0 Å². The fourth-order valence-electron chi connectivity index (χ4n) is 3.81. The molecule has 2 aliphatic carbocycles. The molecule has 0 heteroatoms. The normalized spacial score (nSPS) is 43.7. The van der Waals surface area contributed by atoms with E-state index in [-0.39, 0.29) is 0 Å². The molecular formula is C15H26. The first-order valence-corrected chi connectivity index (χ1v) is 6.66. The molecule has 0 saturated heterocycles. The third-order valence-corrected chi connectivity index (χ3v) is 4.98. The Labute approximate surface area is 95.1 Å². The minimum absolute atomic E-state index is 0.629. The van der Waals surface area contributed by atoms with Crippen LogP contribution in [0.2, 0.25) is 0 Å². The minimum atomic E-state index is 0.629. The molecule has 0 N–H and O–H groups in total. The monoisotopic (exact) mass is 206 g/mol. The van der Waals surface area contributed by atoms with Gasteiger partial charge in [0.25, 0.3) is 0 Å². The van der Waals surface area contributed by atoms with Gasteiger partial charge in [0.2, 0.25) is 0 Å². The summed E-state index contributed by atoms with van der Waals surface area (Å²) < 4.78 is 0. The van der Waals surface area contributed by atoms with Gasteiger partial charge in [-0.05, 0) is 62.2 Å². The molecule has 0 aliphatic heterocycles. The van der Waals surface area contributed by atoms with Crippen molar-refractivity contribution in [1.29, 1.82) is 0 Å². The average Bonchev–Trinajstić information content (AvgIpc) is 2.18. The fourth-order valence-corrected chi connectivity index (χ4v) is 3.81. The van der Waals surface area contributed by atoms with Crippen LogP contribution in [0, 0.1) is 23.2 Å². The Morgan fingerprint density at radius 3 is 2.67 bits per heavy atom. The molecule has 86 valence electrons. The molecule has 0 spiro atoms. The molecule has 1 saturated carbocycles. The molecule has 1 fully saturated rings. The van der Waals surface area contributed by atoms with Gasteiger partial charge in [0.05, 0.1) is 0 Å². The fraction of sp³-hybridized carbons (Fsp3) is 0.867. The second kappa shape index (κ2) is 3.96. The van der Waals surface area contributed by atoms with E-state index in [0.717, 1.165) is 17.8 Å². The first-order chi connectivity index (χ1) is 7.00. The van der Waals surface area contributed by atoms with Crippen molar-refractivity contribution in [1.82, 2.24) is 0 Å². The van der Waals surface area contributed by atoms with Gasteiger partial charge in [0, 0.05) is 0 Å². The molecule has 0 amide bonds. The Kier molecular flexibility index (Phi) is 2.96. The van der Waals surface area contributed by atoms with E-state index in [9.17, 15) is 0 Å². The smallest absolute Gasteiger partial charge is 0.0320 e. The zero-order valence-electron chi connectivity index (χ0n) is 10.8. The maximum Gasteiger partial charge on any atom is -0.0320 e. The van der Waals surface area contributed by atoms with Gasteiger partial charge in [-0.3, -0.25) is 0 Å². The minimum Gasteiger partial charge on any atom is -0.0856 e. The molecule has 0 aromatic carbocycles. The predicted octanol–water partition coefficient (Wildman–Crippen LogP) is 4.81. The summed E-state index contributed by atoms with van der Waals surface area (Å²) in [7, 11) is 0. The largest absolute Gasteiger partial charge is 0.0856 e. The van der Waals surface area contributed by atoms with E-state index in [4.69, 9.17) is 0 Å². The standard InChI is InChI=1S/C15H26/c1-11-6-5-7-12(2)13-10-15(3,4)14(13)9-8-11/h6,12-14H,5,7-10H2,1-4H3/b11-6+/t12?,13-,14-/m1/s1. The van der Waals surface area contributed by atoms with Crippen LogP contribution in [0.25, 0.3) is 0 Å². The maximum absolute atomic E-state index is 2.48. The summed E-state index contributed by atoms with van der Waals surface area (Å²) in [4.78, 5) is 0. The Balaban J connectivity index is 2.08. The summed E-state index contributed by atoms with van der Waals surface area (Å²) in [6.07, 6.45) is 9.46. The number of hydrogen-bond acceptors (Lipinski definition) is 0. The summed E-state index contributed by atoms with van der Waals surface area (Å²) >= 11 is 0. The second-order valence-corrected chi connectivity index (χ2v) is 6.61. The predicted molar refractivity (Wildman–Crippen MR) is 66.8 cm³/mol. The van der Waals surface area contributed by atoms with Crippen molar-refractivity contribution in [2.24, 2.45) is 23.2 Å². The van der Waals surface area contributed by atoms with Gasteiger partial charge >= 0.3 is 0 Å². The van der Waals surface area contributed by atoms with Gasteiger partial charge < -0.3 is 0 Å². The van der Waals surface area contributed by atoms with E-state index in [1.807, 2.05) is 0 Å². The van der Waals surface area contributed by atoms with Crippen LogP contribution in [-0.4, -0.2) is 0 Å². The topological polar surface area (TPSA) is 0 Å². The van der Waals surface area contributed by atoms with E-state index in [1.54, 1.807) is 5.57 Å². The number of hydrogen-bond donors (Lipinski definition) is 0. The Bertz CT molecular complexity index is 259. The highest BCUT2D eigenvalue weighted by molar-refractivity contribution is 5.05. The van der Waals surface area contributed by atoms with Crippen molar-refractivity contribution < 1.29 is 0 Å². The summed E-state index contributed by atoms with van der Waals surface area (Å²) in [5.74, 6) is 2.97. The quantitative estimate of drug-likeness (QED) is 0.499. The molecule has 0 aromatic rings. The summed E-state index contributed by atoms with van der Waals surface area (Å²) in [5.41, 5.74) is 2.26. The van der Waals surface area contributed by atoms with E-state index < -0.39 is 0 Å². The first kappa shape index (κ1) is 11.2. The van der Waals surface area contributed by atoms with Crippen LogP contribution in [0.4, 0.5) is 0 Å². The van der Waals surface area contributed by atoms with Crippen molar-refractivity contribution in [2.75, 3.05) is 0 Å². The zero-order valence-corrected chi connectivity index (χ0v) is 10.8. The molecule has 1 unspecified atom stereocenters. The molecule has 0 heterocycles. The number of allylic oxidation sites excluding steroid dienone is 2. The maximum atomic E-state index is 2.48. The van der Waals surface area contributed by atoms with Crippen molar-refractivity contribution in [3.05, 3.63) is 11.6 Å². The first-order valence-electron chi connectivity index (χ1n) is 6.66. The van der Waals surface area contributed by atoms with Crippen molar-refractivity contribution in [3.8, 4) is 0 Å². The van der Waals surface area contributed by atoms with Gasteiger partial charge in [-0.25, -0.2) is 0 Å². The molecule has 0 radical (unpaired) electrons. The summed E-state index contributed by atoms with van der Waals surface area (Å²) in [5, 5.41) is 0. The number of fused-ring (bicyclic) bond motifs is 1. The highest BCUT2D eigenvalue weighted by Crippen LogP contribution is 2.56. The lowest BCUT2D eigenvalue weighted by atomic mass is 9.51. The van der Waals surface area contributed by atoms with Crippen LogP contribution in [0.15, 0.2) is 11.6 Å². The SMILES string of the molecule is C/C1=C\CCC(C)[C@H]2CC(C)(C)[C@@H]2CC1. The van der Waals surface area contributed by atoms with Gasteiger partial charge in [0.1, 0.15) is 0 Å². The highest BCUT2D eigenvalue weighted by Gasteiger charge is 2.48. The molecule has 3 atom stereocenters. The summed E-state index contributed by atoms with van der Waals surface area (Å²) in [6.45, 7) is 9.73. The van der Waals surface area contributed by atoms with Crippen LogP contribution < -0.4 is 0 Å². The van der Waals surface area contributed by atoms with E-state index in [1.165, 1.54) is 32.1 Å². The third-order valence-electron chi connectivity index (χ3n) is 4.98. The second-order valence-electron chi connectivity index (χ2n) is 6.61. The van der Waals surface area contributed by atoms with Crippen LogP contribution >= 0.6 is 0 Å². The Morgan fingerprint density at radius 1 is 1.27 bits per heavy atom. The molecule has 2 aliphatic rings.